The third kappa shape index (κ3) is 5.59. The van der Waals surface area contributed by atoms with Crippen LogP contribution < -0.4 is 24.4 Å². The van der Waals surface area contributed by atoms with Gasteiger partial charge in [-0.15, -0.1) is 0 Å². The molecule has 0 fully saturated rings. The molecule has 1 aromatic heterocycles. The van der Waals surface area contributed by atoms with Crippen LogP contribution in [0.3, 0.4) is 0 Å². The number of methoxy groups -OCH3 is 1. The van der Waals surface area contributed by atoms with Gasteiger partial charge in [0.1, 0.15) is 6.61 Å². The van der Waals surface area contributed by atoms with Gasteiger partial charge in [0.25, 0.3) is 5.56 Å². The second-order valence-electron chi connectivity index (χ2n) is 9.04. The number of fused-ring (bicyclic) bond motifs is 1. The number of carbonyl (C=O) groups is 1. The highest BCUT2D eigenvalue weighted by molar-refractivity contribution is 7.07. The number of hydrogen-bond donors (Lipinski definition) is 0. The number of allylic oxidation sites excluding steroid dienone is 1. The Morgan fingerprint density at radius 3 is 2.52 bits per heavy atom. The van der Waals surface area contributed by atoms with Crippen molar-refractivity contribution >= 4 is 35.0 Å². The van der Waals surface area contributed by atoms with Crippen molar-refractivity contribution in [2.45, 2.75) is 26.5 Å². The number of halogens is 1. The summed E-state index contributed by atoms with van der Waals surface area (Å²) in [5, 5.41) is 0.665. The van der Waals surface area contributed by atoms with E-state index in [1.165, 1.54) is 11.3 Å². The maximum Gasteiger partial charge on any atom is 0.338 e. The van der Waals surface area contributed by atoms with Gasteiger partial charge in [-0.05, 0) is 60.9 Å². The highest BCUT2D eigenvalue weighted by atomic mass is 35.5. The minimum absolute atomic E-state index is 0.225. The van der Waals surface area contributed by atoms with Gasteiger partial charge in [-0.1, -0.05) is 71.5 Å². The van der Waals surface area contributed by atoms with E-state index in [0.717, 1.165) is 16.7 Å². The molecule has 0 bridgehead atoms. The molecule has 2 heterocycles. The molecule has 204 valence electrons. The summed E-state index contributed by atoms with van der Waals surface area (Å²) in [7, 11) is 1.57. The lowest BCUT2D eigenvalue weighted by atomic mass is 9.96. The Hall–Kier alpha value is -4.14. The first kappa shape index (κ1) is 27.4. The third-order valence-electron chi connectivity index (χ3n) is 6.43. The SMILES string of the molecule is CCOC(=O)C1=C(C)N=c2s/c(=C\c3ccc(OCc4ccc(Cl)cc4)c(OC)c3)c(=O)n2[C@@H]1c1ccccc1. The Kier molecular flexibility index (Phi) is 8.19. The van der Waals surface area contributed by atoms with E-state index in [1.54, 1.807) is 31.6 Å². The van der Waals surface area contributed by atoms with Crippen molar-refractivity contribution in [2.24, 2.45) is 4.99 Å². The molecule has 1 aliphatic rings. The van der Waals surface area contributed by atoms with Gasteiger partial charge in [0.05, 0.1) is 35.6 Å². The summed E-state index contributed by atoms with van der Waals surface area (Å²) < 4.78 is 18.9. The largest absolute Gasteiger partial charge is 0.493 e. The first-order valence-electron chi connectivity index (χ1n) is 12.7. The van der Waals surface area contributed by atoms with Crippen LogP contribution in [0.5, 0.6) is 11.5 Å². The molecule has 1 atom stereocenters. The number of nitrogens with zero attached hydrogens (tertiary/aromatic N) is 2. The minimum Gasteiger partial charge on any atom is -0.493 e. The fourth-order valence-electron chi connectivity index (χ4n) is 4.53. The van der Waals surface area contributed by atoms with Gasteiger partial charge in [0, 0.05) is 5.02 Å². The average molecular weight is 575 g/mol. The predicted octanol–water partition coefficient (Wildman–Crippen LogP) is 5.04. The molecular weight excluding hydrogens is 548 g/mol. The molecule has 0 saturated carbocycles. The van der Waals surface area contributed by atoms with Crippen LogP contribution in [0.1, 0.15) is 36.6 Å². The van der Waals surface area contributed by atoms with Gasteiger partial charge in [-0.3, -0.25) is 9.36 Å². The second-order valence-corrected chi connectivity index (χ2v) is 10.5. The van der Waals surface area contributed by atoms with Crippen LogP contribution in [-0.2, 0) is 16.1 Å². The summed E-state index contributed by atoms with van der Waals surface area (Å²) >= 11 is 7.24. The quantitative estimate of drug-likeness (QED) is 0.276. The number of benzene rings is 3. The molecule has 0 amide bonds. The Balaban J connectivity index is 1.52. The Morgan fingerprint density at radius 2 is 1.82 bits per heavy atom. The van der Waals surface area contributed by atoms with E-state index in [1.807, 2.05) is 72.8 Å². The van der Waals surface area contributed by atoms with Crippen molar-refractivity contribution in [3.8, 4) is 11.5 Å². The van der Waals surface area contributed by atoms with Crippen LogP contribution in [0.4, 0.5) is 0 Å². The fourth-order valence-corrected chi connectivity index (χ4v) is 5.70. The lowest BCUT2D eigenvalue weighted by Crippen LogP contribution is -2.39. The molecule has 0 N–H and O–H groups in total. The molecule has 1 aliphatic heterocycles. The van der Waals surface area contributed by atoms with Crippen LogP contribution in [0.15, 0.2) is 93.9 Å². The van der Waals surface area contributed by atoms with E-state index in [4.69, 9.17) is 25.8 Å². The van der Waals surface area contributed by atoms with Crippen molar-refractivity contribution in [2.75, 3.05) is 13.7 Å². The van der Waals surface area contributed by atoms with Crippen molar-refractivity contribution in [1.29, 1.82) is 0 Å². The maximum absolute atomic E-state index is 13.8. The normalized spacial score (nSPS) is 14.9. The standard InChI is InChI=1S/C31H27ClN2O5S/c1-4-38-30(36)27-19(2)33-31-34(28(27)22-8-6-5-7-9-22)29(35)26(40-31)17-21-12-15-24(25(16-21)37-3)39-18-20-10-13-23(32)14-11-20/h5-17,28H,4,18H2,1-3H3/b26-17-/t28-/m1/s1. The van der Waals surface area contributed by atoms with Crippen molar-refractivity contribution in [1.82, 2.24) is 4.57 Å². The number of aromatic nitrogens is 1. The molecule has 5 rings (SSSR count). The number of esters is 1. The maximum atomic E-state index is 13.8. The van der Waals surface area contributed by atoms with Gasteiger partial charge in [0.2, 0.25) is 0 Å². The van der Waals surface area contributed by atoms with Crippen LogP contribution in [0.25, 0.3) is 6.08 Å². The van der Waals surface area contributed by atoms with Gasteiger partial charge >= 0.3 is 5.97 Å². The Morgan fingerprint density at radius 1 is 1.07 bits per heavy atom. The molecule has 0 saturated heterocycles. The number of rotatable bonds is 8. The van der Waals surface area contributed by atoms with E-state index in [2.05, 4.69) is 4.99 Å². The highest BCUT2D eigenvalue weighted by Crippen LogP contribution is 2.31. The zero-order valence-corrected chi connectivity index (χ0v) is 23.8. The second kappa shape index (κ2) is 11.9. The molecule has 3 aromatic carbocycles. The summed E-state index contributed by atoms with van der Waals surface area (Å²) in [6, 6.07) is 21.7. The Labute approximate surface area is 240 Å². The van der Waals surface area contributed by atoms with E-state index in [-0.39, 0.29) is 12.2 Å². The molecular formula is C31H27ClN2O5S. The lowest BCUT2D eigenvalue weighted by Gasteiger charge is -2.24. The predicted molar refractivity (Wildman–Crippen MR) is 156 cm³/mol. The average Bonchev–Trinajstić information content (AvgIpc) is 3.26. The number of ether oxygens (including phenoxy) is 3. The van der Waals surface area contributed by atoms with Crippen LogP contribution >= 0.6 is 22.9 Å². The van der Waals surface area contributed by atoms with E-state index in [0.29, 0.717) is 43.7 Å². The van der Waals surface area contributed by atoms with E-state index in [9.17, 15) is 9.59 Å². The van der Waals surface area contributed by atoms with E-state index >= 15 is 0 Å². The summed E-state index contributed by atoms with van der Waals surface area (Å²) in [4.78, 5) is 31.9. The highest BCUT2D eigenvalue weighted by Gasteiger charge is 2.33. The topological polar surface area (TPSA) is 79.1 Å². The molecule has 7 nitrogen and oxygen atoms in total. The zero-order chi connectivity index (χ0) is 28.2. The van der Waals surface area contributed by atoms with Crippen molar-refractivity contribution < 1.29 is 19.0 Å². The first-order chi connectivity index (χ1) is 19.4. The van der Waals surface area contributed by atoms with Gasteiger partial charge in [0.15, 0.2) is 16.3 Å². The third-order valence-corrected chi connectivity index (χ3v) is 7.66. The van der Waals surface area contributed by atoms with Gasteiger partial charge < -0.3 is 14.2 Å². The summed E-state index contributed by atoms with van der Waals surface area (Å²) in [5.41, 5.74) is 3.19. The fraction of sp³-hybridized carbons (Fsp3) is 0.194. The molecule has 4 aromatic rings. The number of thiazole rings is 1. The lowest BCUT2D eigenvalue weighted by molar-refractivity contribution is -0.139. The monoisotopic (exact) mass is 574 g/mol. The minimum atomic E-state index is -0.642. The summed E-state index contributed by atoms with van der Waals surface area (Å²) in [6.07, 6.45) is 1.79. The van der Waals surface area contributed by atoms with Gasteiger partial charge in [-0.2, -0.15) is 0 Å². The molecule has 0 spiro atoms. The van der Waals surface area contributed by atoms with Crippen molar-refractivity contribution in [3.63, 3.8) is 0 Å². The van der Waals surface area contributed by atoms with Crippen LogP contribution in [0.2, 0.25) is 5.02 Å². The molecule has 9 heteroatoms. The van der Waals surface area contributed by atoms with E-state index < -0.39 is 12.0 Å². The molecule has 0 unspecified atom stereocenters. The Bertz CT molecular complexity index is 1760. The number of carbonyl (C=O) groups excluding carboxylic acids is 1. The molecule has 0 radical (unpaired) electrons. The zero-order valence-electron chi connectivity index (χ0n) is 22.2. The molecule has 0 aliphatic carbocycles. The van der Waals surface area contributed by atoms with Gasteiger partial charge in [-0.25, -0.2) is 9.79 Å². The smallest absolute Gasteiger partial charge is 0.338 e. The number of hydrogen-bond acceptors (Lipinski definition) is 7. The first-order valence-corrected chi connectivity index (χ1v) is 13.9. The van der Waals surface area contributed by atoms with Crippen LogP contribution in [-0.4, -0.2) is 24.3 Å². The molecule has 40 heavy (non-hydrogen) atoms. The van der Waals surface area contributed by atoms with Crippen molar-refractivity contribution in [3.05, 3.63) is 125 Å². The summed E-state index contributed by atoms with van der Waals surface area (Å²) in [5.74, 6) is 0.638. The van der Waals surface area contributed by atoms with Crippen LogP contribution in [0, 0.1) is 0 Å². The summed E-state index contributed by atoms with van der Waals surface area (Å²) in [6.45, 7) is 4.10.